The predicted octanol–water partition coefficient (Wildman–Crippen LogP) is 2.24. The normalized spacial score (nSPS) is 9.93. The van der Waals surface area contributed by atoms with Crippen LogP contribution in [0, 0.1) is 22.9 Å². The molecule has 1 aromatic carbocycles. The molecule has 0 aliphatic carbocycles. The van der Waals surface area contributed by atoms with Gasteiger partial charge in [0.25, 0.3) is 5.69 Å². The Balaban J connectivity index is 3.39. The van der Waals surface area contributed by atoms with E-state index in [1.807, 2.05) is 0 Å². The Morgan fingerprint density at radius 1 is 1.50 bits per heavy atom. The lowest BCUT2D eigenvalue weighted by molar-refractivity contribution is -0.385. The first-order valence-electron chi connectivity index (χ1n) is 3.89. The first-order chi connectivity index (χ1) is 6.43. The van der Waals surface area contributed by atoms with Gasteiger partial charge in [0.2, 0.25) is 0 Å². The van der Waals surface area contributed by atoms with Crippen LogP contribution in [-0.2, 0) is 0 Å². The fourth-order valence-electron chi connectivity index (χ4n) is 1.28. The summed E-state index contributed by atoms with van der Waals surface area (Å²) < 4.78 is 13.2. The summed E-state index contributed by atoms with van der Waals surface area (Å²) in [4.78, 5) is 20.6. The number of nitrogens with zero attached hydrogens (tertiary/aromatic N) is 1. The van der Waals surface area contributed by atoms with Crippen LogP contribution in [0.5, 0.6) is 0 Å². The molecule has 1 aromatic rings. The topological polar surface area (TPSA) is 60.2 Å². The molecule has 0 heterocycles. The third kappa shape index (κ3) is 1.76. The standard InChI is InChI=1S/C9H8FNO3/c1-5-3-7(11(13)14)4-8(10)9(5)6(2)12/h3-4H,1-2H3. The van der Waals surface area contributed by atoms with E-state index >= 15 is 0 Å². The average molecular weight is 197 g/mol. The number of aryl methyl sites for hydroxylation is 1. The number of Topliss-reactive ketones (excluding diaryl/α,β-unsaturated/α-hetero) is 1. The van der Waals surface area contributed by atoms with Gasteiger partial charge >= 0.3 is 0 Å². The number of carbonyl (C=O) groups is 1. The Hall–Kier alpha value is -1.78. The van der Waals surface area contributed by atoms with Crippen molar-refractivity contribution >= 4 is 11.5 Å². The Labute approximate surface area is 79.5 Å². The SMILES string of the molecule is CC(=O)c1c(C)cc([N+](=O)[O-])cc1F. The minimum absolute atomic E-state index is 0.0874. The molecule has 0 aliphatic heterocycles. The summed E-state index contributed by atoms with van der Waals surface area (Å²) in [5, 5.41) is 10.3. The lowest BCUT2D eigenvalue weighted by Crippen LogP contribution is -2.02. The summed E-state index contributed by atoms with van der Waals surface area (Å²) in [6, 6.07) is 1.93. The minimum Gasteiger partial charge on any atom is -0.294 e. The van der Waals surface area contributed by atoms with Crippen molar-refractivity contribution in [3.63, 3.8) is 0 Å². The lowest BCUT2D eigenvalue weighted by atomic mass is 10.0. The van der Waals surface area contributed by atoms with E-state index < -0.39 is 16.5 Å². The van der Waals surface area contributed by atoms with E-state index in [-0.39, 0.29) is 16.8 Å². The van der Waals surface area contributed by atoms with Gasteiger partial charge in [0.15, 0.2) is 5.78 Å². The van der Waals surface area contributed by atoms with Crippen LogP contribution >= 0.6 is 0 Å². The summed E-state index contributed by atoms with van der Waals surface area (Å²) >= 11 is 0. The van der Waals surface area contributed by atoms with Crippen molar-refractivity contribution in [2.45, 2.75) is 13.8 Å². The molecule has 14 heavy (non-hydrogen) atoms. The molecule has 0 aromatic heterocycles. The molecule has 0 bridgehead atoms. The highest BCUT2D eigenvalue weighted by Crippen LogP contribution is 2.21. The van der Waals surface area contributed by atoms with Crippen LogP contribution in [0.2, 0.25) is 0 Å². The highest BCUT2D eigenvalue weighted by Gasteiger charge is 2.16. The number of ketones is 1. The van der Waals surface area contributed by atoms with E-state index in [0.29, 0.717) is 0 Å². The summed E-state index contributed by atoms with van der Waals surface area (Å²) in [6.45, 7) is 2.68. The van der Waals surface area contributed by atoms with Crippen LogP contribution < -0.4 is 0 Å². The molecule has 0 unspecified atom stereocenters. The summed E-state index contributed by atoms with van der Waals surface area (Å²) in [5.41, 5.74) is -0.148. The number of benzene rings is 1. The summed E-state index contributed by atoms with van der Waals surface area (Å²) in [7, 11) is 0. The monoisotopic (exact) mass is 197 g/mol. The van der Waals surface area contributed by atoms with Gasteiger partial charge in [-0.3, -0.25) is 14.9 Å². The van der Waals surface area contributed by atoms with Gasteiger partial charge < -0.3 is 0 Å². The van der Waals surface area contributed by atoms with Gasteiger partial charge in [-0.15, -0.1) is 0 Å². The highest BCUT2D eigenvalue weighted by molar-refractivity contribution is 5.96. The zero-order chi connectivity index (χ0) is 10.9. The highest BCUT2D eigenvalue weighted by atomic mass is 19.1. The zero-order valence-electron chi connectivity index (χ0n) is 7.70. The molecule has 4 nitrogen and oxygen atoms in total. The minimum atomic E-state index is -0.843. The summed E-state index contributed by atoms with van der Waals surface area (Å²) in [5.74, 6) is -1.28. The molecule has 0 atom stereocenters. The number of nitro benzene ring substituents is 1. The van der Waals surface area contributed by atoms with Gasteiger partial charge in [0.05, 0.1) is 16.6 Å². The first-order valence-corrected chi connectivity index (χ1v) is 3.89. The van der Waals surface area contributed by atoms with E-state index in [0.717, 1.165) is 6.07 Å². The molecular weight excluding hydrogens is 189 g/mol. The van der Waals surface area contributed by atoms with Crippen molar-refractivity contribution in [2.24, 2.45) is 0 Å². The van der Waals surface area contributed by atoms with Gasteiger partial charge in [-0.25, -0.2) is 4.39 Å². The number of carbonyl (C=O) groups excluding carboxylic acids is 1. The van der Waals surface area contributed by atoms with Crippen LogP contribution in [0.25, 0.3) is 0 Å². The maximum absolute atomic E-state index is 13.2. The molecule has 0 amide bonds. The largest absolute Gasteiger partial charge is 0.294 e. The van der Waals surface area contributed by atoms with Gasteiger partial charge in [0, 0.05) is 6.07 Å². The van der Waals surface area contributed by atoms with E-state index in [4.69, 9.17) is 0 Å². The van der Waals surface area contributed by atoms with E-state index in [2.05, 4.69) is 0 Å². The average Bonchev–Trinajstić information content (AvgIpc) is 2.01. The molecule has 74 valence electrons. The Morgan fingerprint density at radius 3 is 2.43 bits per heavy atom. The molecule has 0 saturated heterocycles. The number of hydrogen-bond donors (Lipinski definition) is 0. The smallest absolute Gasteiger partial charge is 0.272 e. The number of halogens is 1. The van der Waals surface area contributed by atoms with Crippen LogP contribution in [0.3, 0.4) is 0 Å². The molecule has 1 rings (SSSR count). The third-order valence-corrected chi connectivity index (χ3v) is 1.84. The van der Waals surface area contributed by atoms with E-state index in [9.17, 15) is 19.3 Å². The number of nitro groups is 1. The zero-order valence-corrected chi connectivity index (χ0v) is 7.70. The fraction of sp³-hybridized carbons (Fsp3) is 0.222. The number of rotatable bonds is 2. The van der Waals surface area contributed by atoms with Crippen LogP contribution in [0.4, 0.5) is 10.1 Å². The molecule has 0 spiro atoms. The van der Waals surface area contributed by atoms with Crippen LogP contribution in [0.15, 0.2) is 12.1 Å². The molecule has 0 saturated carbocycles. The first kappa shape index (κ1) is 10.3. The number of non-ortho nitro benzene ring substituents is 1. The Kier molecular flexibility index (Phi) is 2.60. The predicted molar refractivity (Wildman–Crippen MR) is 47.8 cm³/mol. The second-order valence-corrected chi connectivity index (χ2v) is 2.93. The second kappa shape index (κ2) is 3.53. The van der Waals surface area contributed by atoms with Crippen molar-refractivity contribution in [2.75, 3.05) is 0 Å². The summed E-state index contributed by atoms with van der Waals surface area (Å²) in [6.07, 6.45) is 0. The van der Waals surface area contributed by atoms with Crippen molar-refractivity contribution in [3.05, 3.63) is 39.2 Å². The molecular formula is C9H8FNO3. The Bertz CT molecular complexity index is 392. The Morgan fingerprint density at radius 2 is 2.07 bits per heavy atom. The van der Waals surface area contributed by atoms with Crippen LogP contribution in [-0.4, -0.2) is 10.7 Å². The maximum atomic E-state index is 13.2. The van der Waals surface area contributed by atoms with Gasteiger partial charge in [-0.05, 0) is 19.4 Å². The van der Waals surface area contributed by atoms with Crippen molar-refractivity contribution in [3.8, 4) is 0 Å². The quantitative estimate of drug-likeness (QED) is 0.415. The van der Waals surface area contributed by atoms with Crippen molar-refractivity contribution < 1.29 is 14.1 Å². The van der Waals surface area contributed by atoms with E-state index in [1.165, 1.54) is 19.9 Å². The molecule has 0 N–H and O–H groups in total. The van der Waals surface area contributed by atoms with Crippen LogP contribution in [0.1, 0.15) is 22.8 Å². The lowest BCUT2D eigenvalue weighted by Gasteiger charge is -2.02. The molecule has 0 radical (unpaired) electrons. The van der Waals surface area contributed by atoms with Crippen molar-refractivity contribution in [1.29, 1.82) is 0 Å². The van der Waals surface area contributed by atoms with Gasteiger partial charge in [-0.2, -0.15) is 0 Å². The third-order valence-electron chi connectivity index (χ3n) is 1.84. The molecule has 0 aliphatic rings. The van der Waals surface area contributed by atoms with Gasteiger partial charge in [0.1, 0.15) is 5.82 Å². The molecule has 0 fully saturated rings. The number of hydrogen-bond acceptors (Lipinski definition) is 3. The van der Waals surface area contributed by atoms with E-state index in [1.54, 1.807) is 0 Å². The van der Waals surface area contributed by atoms with Gasteiger partial charge in [-0.1, -0.05) is 0 Å². The van der Waals surface area contributed by atoms with Crippen molar-refractivity contribution in [1.82, 2.24) is 0 Å². The molecule has 5 heteroatoms. The fourth-order valence-corrected chi connectivity index (χ4v) is 1.28. The second-order valence-electron chi connectivity index (χ2n) is 2.93. The maximum Gasteiger partial charge on any atom is 0.272 e.